The van der Waals surface area contributed by atoms with Crippen LogP contribution < -0.4 is 5.32 Å². The molecular weight excluding hydrogens is 466 g/mol. The Labute approximate surface area is 159 Å². The number of aliphatic hydroxyl groups excluding tert-OH is 1. The summed E-state index contributed by atoms with van der Waals surface area (Å²) >= 11 is 6.38. The highest BCUT2D eigenvalue weighted by Crippen LogP contribution is 2.38. The number of hydrogen-bond acceptors (Lipinski definition) is 7. The highest BCUT2D eigenvalue weighted by Gasteiger charge is 2.35. The first-order valence-electron chi connectivity index (χ1n) is 6.92. The van der Waals surface area contributed by atoms with Gasteiger partial charge >= 0.3 is 5.97 Å². The number of halogens is 2. The van der Waals surface area contributed by atoms with Crippen molar-refractivity contribution in [3.05, 3.63) is 42.5 Å². The maximum Gasteiger partial charge on any atom is 0.337 e. The molecule has 0 saturated carbocycles. The maximum atomic E-state index is 12.5. The van der Waals surface area contributed by atoms with E-state index in [-0.39, 0.29) is 42.3 Å². The first-order chi connectivity index (χ1) is 11.8. The fourth-order valence-electron chi connectivity index (χ4n) is 2.30. The van der Waals surface area contributed by atoms with Gasteiger partial charge in [0.25, 0.3) is 11.6 Å². The number of anilines is 1. The zero-order valence-electron chi connectivity index (χ0n) is 12.9. The normalized spacial score (nSPS) is 14.1. The number of nitrogens with one attached hydrogen (secondary N) is 1. The number of β-amino-alcohol motifs (C(OH)–C–C–N with tert-alkyl or cyclic N) is 1. The third-order valence-corrected chi connectivity index (χ3v) is 4.52. The van der Waals surface area contributed by atoms with E-state index in [1.807, 2.05) is 0 Å². The second-order valence-electron chi connectivity index (χ2n) is 4.96. The second-order valence-corrected chi connectivity index (χ2v) is 6.73. The van der Waals surface area contributed by atoms with Gasteiger partial charge in [0.15, 0.2) is 0 Å². The van der Waals surface area contributed by atoms with Crippen molar-refractivity contribution in [2.24, 2.45) is 0 Å². The number of nitro groups is 1. The van der Waals surface area contributed by atoms with Gasteiger partial charge in [0.05, 0.1) is 30.8 Å². The first kappa shape index (κ1) is 19.3. The van der Waals surface area contributed by atoms with Gasteiger partial charge in [-0.3, -0.25) is 14.9 Å². The predicted octanol–water partition coefficient (Wildman–Crippen LogP) is 1.79. The van der Waals surface area contributed by atoms with Crippen LogP contribution in [0.3, 0.4) is 0 Å². The molecule has 9 nitrogen and oxygen atoms in total. The molecule has 1 aliphatic rings. The van der Waals surface area contributed by atoms with E-state index in [1.54, 1.807) is 6.07 Å². The Bertz CT molecular complexity index is 780. The number of carbonyl (C=O) groups excluding carboxylic acids is 2. The van der Waals surface area contributed by atoms with Crippen LogP contribution in [0, 0.1) is 10.1 Å². The fourth-order valence-corrected chi connectivity index (χ4v) is 3.60. The van der Waals surface area contributed by atoms with Crippen LogP contribution in [0.25, 0.3) is 0 Å². The largest absolute Gasteiger partial charge is 0.466 e. The number of rotatable bonds is 6. The molecule has 134 valence electrons. The third-order valence-electron chi connectivity index (χ3n) is 3.43. The quantitative estimate of drug-likeness (QED) is 0.363. The number of esters is 1. The number of ether oxygens (including phenoxy) is 1. The van der Waals surface area contributed by atoms with Crippen molar-refractivity contribution < 1.29 is 24.4 Å². The third kappa shape index (κ3) is 3.99. The lowest BCUT2D eigenvalue weighted by Crippen LogP contribution is -2.31. The summed E-state index contributed by atoms with van der Waals surface area (Å²) in [5.74, 6) is -1.29. The minimum atomic E-state index is -0.729. The summed E-state index contributed by atoms with van der Waals surface area (Å²) in [4.78, 5) is 36.4. The van der Waals surface area contributed by atoms with Crippen LogP contribution in [0.1, 0.15) is 0 Å². The van der Waals surface area contributed by atoms with Crippen LogP contribution in [0.4, 0.5) is 11.4 Å². The van der Waals surface area contributed by atoms with E-state index in [9.17, 15) is 19.7 Å². The van der Waals surface area contributed by atoms with Crippen LogP contribution in [0.5, 0.6) is 0 Å². The molecule has 1 amide bonds. The van der Waals surface area contributed by atoms with Gasteiger partial charge in [0, 0.05) is 21.6 Å². The van der Waals surface area contributed by atoms with Crippen molar-refractivity contribution in [1.82, 2.24) is 4.90 Å². The lowest BCUT2D eigenvalue weighted by atomic mass is 10.2. The van der Waals surface area contributed by atoms with Crippen LogP contribution in [0.2, 0.25) is 0 Å². The Morgan fingerprint density at radius 1 is 1.48 bits per heavy atom. The average Bonchev–Trinajstić information content (AvgIpc) is 2.85. The number of nitro benzene ring substituents is 1. The van der Waals surface area contributed by atoms with Crippen molar-refractivity contribution in [2.75, 3.05) is 32.1 Å². The molecule has 0 aliphatic carbocycles. The number of methoxy groups -OCH3 is 1. The van der Waals surface area contributed by atoms with Crippen molar-refractivity contribution in [3.63, 3.8) is 0 Å². The Morgan fingerprint density at radius 2 is 2.16 bits per heavy atom. The van der Waals surface area contributed by atoms with E-state index in [2.05, 4.69) is 41.9 Å². The Kier molecular flexibility index (Phi) is 6.14. The van der Waals surface area contributed by atoms with Gasteiger partial charge < -0.3 is 20.1 Å². The lowest BCUT2D eigenvalue weighted by Gasteiger charge is -2.15. The molecule has 1 aromatic carbocycles. The molecule has 0 saturated heterocycles. The summed E-state index contributed by atoms with van der Waals surface area (Å²) in [6.07, 6.45) is 0. The molecular formula is C14H13Br2N3O6. The predicted molar refractivity (Wildman–Crippen MR) is 94.8 cm³/mol. The van der Waals surface area contributed by atoms with Crippen LogP contribution in [-0.4, -0.2) is 53.6 Å². The van der Waals surface area contributed by atoms with Crippen molar-refractivity contribution in [1.29, 1.82) is 0 Å². The van der Waals surface area contributed by atoms with E-state index < -0.39 is 16.8 Å². The monoisotopic (exact) mass is 477 g/mol. The van der Waals surface area contributed by atoms with Gasteiger partial charge in [-0.05, 0) is 22.0 Å². The molecule has 2 N–H and O–H groups in total. The fraction of sp³-hybridized carbons (Fsp3) is 0.286. The van der Waals surface area contributed by atoms with Gasteiger partial charge in [0.1, 0.15) is 11.4 Å². The smallest absolute Gasteiger partial charge is 0.337 e. The number of benzene rings is 1. The Balaban J connectivity index is 2.51. The minimum Gasteiger partial charge on any atom is -0.466 e. The number of hydrogen-bond donors (Lipinski definition) is 2. The average molecular weight is 479 g/mol. The summed E-state index contributed by atoms with van der Waals surface area (Å²) in [6.45, 7) is -0.319. The van der Waals surface area contributed by atoms with Gasteiger partial charge in [-0.15, -0.1) is 0 Å². The second kappa shape index (κ2) is 7.93. The molecule has 2 rings (SSSR count). The lowest BCUT2D eigenvalue weighted by molar-refractivity contribution is -0.384. The topological polar surface area (TPSA) is 122 Å². The van der Waals surface area contributed by atoms with Gasteiger partial charge in [-0.1, -0.05) is 15.9 Å². The van der Waals surface area contributed by atoms with Crippen molar-refractivity contribution >= 4 is 55.1 Å². The molecule has 0 fully saturated rings. The number of carbonyl (C=O) groups is 2. The van der Waals surface area contributed by atoms with Gasteiger partial charge in [0.2, 0.25) is 0 Å². The minimum absolute atomic E-state index is 0.0219. The molecule has 0 atom stereocenters. The van der Waals surface area contributed by atoms with E-state index in [1.165, 1.54) is 18.1 Å². The standard InChI is InChI=1S/C14H13Br2N3O6/c1-25-14(22)8-6-18(2-3-20)13(21)11(8)17-12-9(16)4-7(15)5-10(12)19(23)24/h4-5,17,20H,2-3,6H2,1H3. The van der Waals surface area contributed by atoms with E-state index in [0.29, 0.717) is 8.95 Å². The maximum absolute atomic E-state index is 12.5. The van der Waals surface area contributed by atoms with Crippen LogP contribution in [-0.2, 0) is 14.3 Å². The molecule has 0 spiro atoms. The molecule has 1 heterocycles. The zero-order chi connectivity index (χ0) is 18.7. The number of nitrogens with zero attached hydrogens (tertiary/aromatic N) is 2. The molecule has 1 aliphatic heterocycles. The summed E-state index contributed by atoms with van der Waals surface area (Å²) in [5, 5.41) is 23.0. The summed E-state index contributed by atoms with van der Waals surface area (Å²) in [5.41, 5.74) is -0.341. The SMILES string of the molecule is COC(=O)C1=C(Nc2c(Br)cc(Br)cc2[N+](=O)[O-])C(=O)N(CCO)C1. The van der Waals surface area contributed by atoms with Gasteiger partial charge in [-0.25, -0.2) is 4.79 Å². The van der Waals surface area contributed by atoms with E-state index in [4.69, 9.17) is 5.11 Å². The molecule has 1 aromatic rings. The Hall–Kier alpha value is -1.98. The van der Waals surface area contributed by atoms with Gasteiger partial charge in [-0.2, -0.15) is 0 Å². The number of amides is 1. The van der Waals surface area contributed by atoms with Crippen LogP contribution in [0.15, 0.2) is 32.3 Å². The summed E-state index contributed by atoms with van der Waals surface area (Å²) in [6, 6.07) is 2.84. The highest BCUT2D eigenvalue weighted by molar-refractivity contribution is 9.11. The molecule has 0 radical (unpaired) electrons. The van der Waals surface area contributed by atoms with Crippen molar-refractivity contribution in [2.45, 2.75) is 0 Å². The number of aliphatic hydroxyl groups is 1. The van der Waals surface area contributed by atoms with Crippen molar-refractivity contribution in [3.8, 4) is 0 Å². The highest BCUT2D eigenvalue weighted by atomic mass is 79.9. The first-order valence-corrected chi connectivity index (χ1v) is 8.50. The zero-order valence-corrected chi connectivity index (χ0v) is 16.1. The summed E-state index contributed by atoms with van der Waals surface area (Å²) < 4.78 is 5.48. The molecule has 0 aromatic heterocycles. The summed E-state index contributed by atoms with van der Waals surface area (Å²) in [7, 11) is 1.17. The van der Waals surface area contributed by atoms with E-state index in [0.717, 1.165) is 0 Å². The molecule has 25 heavy (non-hydrogen) atoms. The molecule has 0 bridgehead atoms. The Morgan fingerprint density at radius 3 is 2.72 bits per heavy atom. The molecule has 0 unspecified atom stereocenters. The van der Waals surface area contributed by atoms with E-state index >= 15 is 0 Å². The van der Waals surface area contributed by atoms with Crippen LogP contribution >= 0.6 is 31.9 Å². The molecule has 11 heteroatoms.